The minimum Gasteiger partial charge on any atom is -0.309 e. The monoisotopic (exact) mass is 273 g/mol. The van der Waals surface area contributed by atoms with E-state index >= 15 is 0 Å². The molecule has 2 aliphatic rings. The normalized spacial score (nSPS) is 35.5. The topological polar surface area (TPSA) is 32.1 Å². The van der Waals surface area contributed by atoms with Crippen LogP contribution in [0.25, 0.3) is 0 Å². The van der Waals surface area contributed by atoms with Crippen LogP contribution in [0.1, 0.15) is 4.88 Å². The van der Waals surface area contributed by atoms with Gasteiger partial charge in [-0.1, -0.05) is 0 Å². The van der Waals surface area contributed by atoms with Gasteiger partial charge in [0.15, 0.2) is 0 Å². The highest BCUT2D eigenvalue weighted by Gasteiger charge is 2.68. The summed E-state index contributed by atoms with van der Waals surface area (Å²) in [6.07, 6.45) is 0. The summed E-state index contributed by atoms with van der Waals surface area (Å²) in [4.78, 5) is 12.9. The molecule has 1 N–H and O–H groups in total. The number of rotatable bonds is 1. The van der Waals surface area contributed by atoms with Gasteiger partial charge in [-0.25, -0.2) is 0 Å². The summed E-state index contributed by atoms with van der Waals surface area (Å²) >= 11 is 5.11. The molecule has 0 radical (unpaired) electrons. The van der Waals surface area contributed by atoms with Crippen molar-refractivity contribution >= 4 is 27.3 Å². The number of hydrogen-bond acceptors (Lipinski definition) is 3. The molecule has 3 nitrogen and oxygen atoms in total. The molecular weight excluding hydrogens is 264 g/mol. The van der Waals surface area contributed by atoms with Crippen molar-refractivity contribution in [3.63, 3.8) is 0 Å². The van der Waals surface area contributed by atoms with Gasteiger partial charge >= 0.3 is 0 Å². The molecular formula is C9H10BrN2OS+. The van der Waals surface area contributed by atoms with Crippen LogP contribution in [0.5, 0.6) is 0 Å². The Labute approximate surface area is 94.2 Å². The van der Waals surface area contributed by atoms with E-state index in [-0.39, 0.29) is 5.54 Å². The highest BCUT2D eigenvalue weighted by molar-refractivity contribution is 9.10. The van der Waals surface area contributed by atoms with E-state index in [2.05, 4.69) is 27.3 Å². The van der Waals surface area contributed by atoms with Crippen molar-refractivity contribution in [2.75, 3.05) is 19.6 Å². The number of fused-ring (bicyclic) bond motifs is 1. The average Bonchev–Trinajstić information content (AvgIpc) is 2.69. The summed E-state index contributed by atoms with van der Waals surface area (Å²) < 4.78 is 2.31. The first-order valence-electron chi connectivity index (χ1n) is 4.63. The van der Waals surface area contributed by atoms with E-state index in [0.717, 1.165) is 17.6 Å². The molecule has 0 aliphatic carbocycles. The molecule has 0 saturated carbocycles. The van der Waals surface area contributed by atoms with Crippen LogP contribution in [0.15, 0.2) is 15.9 Å². The first-order chi connectivity index (χ1) is 6.73. The van der Waals surface area contributed by atoms with E-state index in [1.807, 2.05) is 5.38 Å². The average molecular weight is 274 g/mol. The fraction of sp³-hybridized carbons (Fsp3) is 0.556. The van der Waals surface area contributed by atoms with Crippen molar-refractivity contribution in [1.82, 2.24) is 5.32 Å². The highest BCUT2D eigenvalue weighted by atomic mass is 79.9. The van der Waals surface area contributed by atoms with Gasteiger partial charge in [-0.3, -0.25) is 0 Å². The van der Waals surface area contributed by atoms with Crippen LogP contribution in [0.4, 0.5) is 0 Å². The van der Waals surface area contributed by atoms with Crippen molar-refractivity contribution in [1.29, 1.82) is 0 Å². The van der Waals surface area contributed by atoms with Crippen molar-refractivity contribution in [3.8, 4) is 0 Å². The van der Waals surface area contributed by atoms with E-state index in [0.29, 0.717) is 12.5 Å². The van der Waals surface area contributed by atoms with Gasteiger partial charge in [0.05, 0.1) is 11.4 Å². The minimum absolute atomic E-state index is 0.239. The van der Waals surface area contributed by atoms with Gasteiger partial charge < -0.3 is 5.32 Å². The summed E-state index contributed by atoms with van der Waals surface area (Å²) in [5, 5.41) is 5.36. The molecule has 2 fully saturated rings. The van der Waals surface area contributed by atoms with Crippen LogP contribution in [-0.2, 0) is 5.54 Å². The highest BCUT2D eigenvalue weighted by Crippen LogP contribution is 2.46. The molecule has 0 aromatic carbocycles. The number of halogens is 1. The zero-order valence-electron chi connectivity index (χ0n) is 7.50. The van der Waals surface area contributed by atoms with Crippen molar-refractivity contribution in [2.24, 2.45) is 5.92 Å². The molecule has 2 aliphatic heterocycles. The van der Waals surface area contributed by atoms with Crippen molar-refractivity contribution < 1.29 is 4.76 Å². The lowest BCUT2D eigenvalue weighted by Gasteiger charge is -2.32. The van der Waals surface area contributed by atoms with Crippen LogP contribution in [-0.4, -0.2) is 24.4 Å². The van der Waals surface area contributed by atoms with E-state index in [1.165, 1.54) is 9.64 Å². The maximum atomic E-state index is 11.7. The standard InChI is InChI=1S/C9H10BrN2OS/c10-7-1-8(14-4-7)9-5-11-2-6(9)3-12(9)13/h1,4,6,11H,2-3,5H2/q+1. The van der Waals surface area contributed by atoms with Crippen LogP contribution >= 0.6 is 27.3 Å². The summed E-state index contributed by atoms with van der Waals surface area (Å²) in [6.45, 7) is 2.46. The molecule has 2 atom stereocenters. The third-order valence-corrected chi connectivity index (χ3v) is 5.14. The first-order valence-corrected chi connectivity index (χ1v) is 6.31. The van der Waals surface area contributed by atoms with E-state index in [9.17, 15) is 4.91 Å². The maximum absolute atomic E-state index is 11.7. The summed E-state index contributed by atoms with van der Waals surface area (Å²) in [7, 11) is 0. The number of nitrogens with one attached hydrogen (secondary N) is 1. The van der Waals surface area contributed by atoms with Gasteiger partial charge in [-0.15, -0.1) is 11.3 Å². The van der Waals surface area contributed by atoms with Crippen LogP contribution < -0.4 is 5.32 Å². The van der Waals surface area contributed by atoms with Crippen molar-refractivity contribution in [3.05, 3.63) is 25.7 Å². The molecule has 3 rings (SSSR count). The lowest BCUT2D eigenvalue weighted by Crippen LogP contribution is -2.57. The summed E-state index contributed by atoms with van der Waals surface area (Å²) in [5.41, 5.74) is -0.239. The van der Waals surface area contributed by atoms with Crippen LogP contribution in [0.2, 0.25) is 0 Å². The van der Waals surface area contributed by atoms with Gasteiger partial charge in [-0.05, 0) is 22.0 Å². The van der Waals surface area contributed by atoms with Crippen molar-refractivity contribution in [2.45, 2.75) is 5.54 Å². The Hall–Kier alpha value is -0.260. The predicted molar refractivity (Wildman–Crippen MR) is 58.6 cm³/mol. The summed E-state index contributed by atoms with van der Waals surface area (Å²) in [5.74, 6) is 0.505. The third kappa shape index (κ3) is 0.951. The molecule has 0 amide bonds. The lowest BCUT2D eigenvalue weighted by molar-refractivity contribution is -0.709. The molecule has 14 heavy (non-hydrogen) atoms. The largest absolute Gasteiger partial charge is 0.309 e. The van der Waals surface area contributed by atoms with Gasteiger partial charge in [0.25, 0.3) is 5.54 Å². The Morgan fingerprint density at radius 2 is 2.57 bits per heavy atom. The second-order valence-corrected chi connectivity index (χ2v) is 5.77. The Morgan fingerprint density at radius 3 is 3.14 bits per heavy atom. The molecule has 5 heteroatoms. The number of nitrogens with zero attached hydrogens (tertiary/aromatic N) is 1. The zero-order valence-corrected chi connectivity index (χ0v) is 9.90. The lowest BCUT2D eigenvalue weighted by atomic mass is 9.78. The quantitative estimate of drug-likeness (QED) is 0.791. The molecule has 3 heterocycles. The Bertz CT molecular complexity index is 405. The summed E-state index contributed by atoms with van der Waals surface area (Å²) in [6, 6.07) is 2.08. The SMILES string of the molecule is O=[N+]1CC2CNCC21c1cc(Br)cs1. The molecule has 0 bridgehead atoms. The van der Waals surface area contributed by atoms with Crippen LogP contribution in [0.3, 0.4) is 0 Å². The van der Waals surface area contributed by atoms with E-state index in [4.69, 9.17) is 0 Å². The molecule has 74 valence electrons. The molecule has 1 aromatic rings. The minimum atomic E-state index is -0.239. The molecule has 2 unspecified atom stereocenters. The van der Waals surface area contributed by atoms with Crippen LogP contribution in [0, 0.1) is 10.8 Å². The second-order valence-electron chi connectivity index (χ2n) is 3.94. The molecule has 0 spiro atoms. The zero-order chi connectivity index (χ0) is 9.76. The fourth-order valence-electron chi connectivity index (χ4n) is 2.46. The van der Waals surface area contributed by atoms with E-state index in [1.54, 1.807) is 11.3 Å². The number of hydrogen-bond donors (Lipinski definition) is 1. The Kier molecular flexibility index (Phi) is 1.84. The molecule has 1 aromatic heterocycles. The van der Waals surface area contributed by atoms with Gasteiger partial charge in [0.1, 0.15) is 5.92 Å². The second kappa shape index (κ2) is 2.87. The third-order valence-electron chi connectivity index (χ3n) is 3.29. The van der Waals surface area contributed by atoms with Gasteiger partial charge in [-0.2, -0.15) is 0 Å². The fourth-order valence-corrected chi connectivity index (χ4v) is 4.17. The van der Waals surface area contributed by atoms with Gasteiger partial charge in [0.2, 0.25) is 6.54 Å². The molecule has 2 saturated heterocycles. The smallest absolute Gasteiger partial charge is 0.266 e. The Balaban J connectivity index is 2.07. The number of nitroso groups, excluding NO2 is 1. The first kappa shape index (κ1) is 9.00. The Morgan fingerprint density at radius 1 is 1.71 bits per heavy atom. The predicted octanol–water partition coefficient (Wildman–Crippen LogP) is 1.72. The maximum Gasteiger partial charge on any atom is 0.266 e. The van der Waals surface area contributed by atoms with Gasteiger partial charge in [0, 0.05) is 26.1 Å². The number of thiophene rings is 1. The van der Waals surface area contributed by atoms with E-state index < -0.39 is 0 Å².